The number of piperidine rings is 1. The number of ketones is 1. The van der Waals surface area contributed by atoms with E-state index in [9.17, 15) is 4.79 Å². The Morgan fingerprint density at radius 1 is 1.12 bits per heavy atom. The Hall–Kier alpha value is -3.23. The Morgan fingerprint density at radius 3 is 2.78 bits per heavy atom. The van der Waals surface area contributed by atoms with E-state index >= 15 is 0 Å². The third kappa shape index (κ3) is 4.66. The molecule has 0 saturated carbocycles. The minimum atomic E-state index is 0.0177. The van der Waals surface area contributed by atoms with Crippen LogP contribution in [0.3, 0.4) is 0 Å². The third-order valence-electron chi connectivity index (χ3n) is 5.71. The molecule has 8 heteroatoms. The standard InChI is InChI=1S/C24H23N5O2S/c1-29-7-5-20(6-8-29)31-21-4-2-3-16(10-21)23(30)12-19-9-17-11-22(24-28-27-15-32-24)26-14-18(17)13-25-19/h2-4,9-11,13-15,20H,5-8,12H2,1H3. The lowest BCUT2D eigenvalue weighted by Gasteiger charge is -2.29. The van der Waals surface area contributed by atoms with Gasteiger partial charge in [-0.3, -0.25) is 14.8 Å². The average molecular weight is 446 g/mol. The predicted molar refractivity (Wildman–Crippen MR) is 124 cm³/mol. The molecule has 162 valence electrons. The first-order chi connectivity index (χ1) is 15.6. The van der Waals surface area contributed by atoms with Gasteiger partial charge in [0.2, 0.25) is 0 Å². The number of likely N-dealkylation sites (tertiary alicyclic amines) is 1. The fourth-order valence-corrected chi connectivity index (χ4v) is 4.41. The Labute approximate surface area is 190 Å². The van der Waals surface area contributed by atoms with Crippen LogP contribution in [0, 0.1) is 0 Å². The summed E-state index contributed by atoms with van der Waals surface area (Å²) in [5, 5.41) is 10.6. The molecule has 0 aliphatic carbocycles. The zero-order valence-electron chi connectivity index (χ0n) is 17.8. The van der Waals surface area contributed by atoms with E-state index in [0.29, 0.717) is 5.56 Å². The van der Waals surface area contributed by atoms with E-state index in [-0.39, 0.29) is 18.3 Å². The van der Waals surface area contributed by atoms with Crippen LogP contribution in [0.25, 0.3) is 21.5 Å². The summed E-state index contributed by atoms with van der Waals surface area (Å²) < 4.78 is 6.14. The lowest BCUT2D eigenvalue weighted by atomic mass is 10.0. The summed E-state index contributed by atoms with van der Waals surface area (Å²) in [6.45, 7) is 2.07. The predicted octanol–water partition coefficient (Wildman–Crippen LogP) is 4.05. The maximum Gasteiger partial charge on any atom is 0.168 e. The van der Waals surface area contributed by atoms with Crippen molar-refractivity contribution in [1.29, 1.82) is 0 Å². The molecule has 4 aromatic rings. The molecule has 1 fully saturated rings. The van der Waals surface area contributed by atoms with Crippen molar-refractivity contribution >= 4 is 27.9 Å². The summed E-state index contributed by atoms with van der Waals surface area (Å²) in [4.78, 5) is 24.2. The maximum absolute atomic E-state index is 13.0. The first-order valence-corrected chi connectivity index (χ1v) is 11.5. The minimum Gasteiger partial charge on any atom is -0.490 e. The molecule has 0 amide bonds. The fourth-order valence-electron chi connectivity index (χ4n) is 3.89. The summed E-state index contributed by atoms with van der Waals surface area (Å²) in [6, 6.07) is 11.4. The van der Waals surface area contributed by atoms with Gasteiger partial charge in [0.1, 0.15) is 23.1 Å². The smallest absolute Gasteiger partial charge is 0.168 e. The minimum absolute atomic E-state index is 0.0177. The third-order valence-corrected chi connectivity index (χ3v) is 6.42. The van der Waals surface area contributed by atoms with Crippen LogP contribution < -0.4 is 4.74 Å². The van der Waals surface area contributed by atoms with Crippen LogP contribution in [0.4, 0.5) is 0 Å². The molecule has 1 aliphatic rings. The zero-order valence-corrected chi connectivity index (χ0v) is 18.6. The molecule has 1 aliphatic heterocycles. The van der Waals surface area contributed by atoms with Crippen molar-refractivity contribution in [2.45, 2.75) is 25.4 Å². The Morgan fingerprint density at radius 2 is 1.97 bits per heavy atom. The van der Waals surface area contributed by atoms with Crippen molar-refractivity contribution in [1.82, 2.24) is 25.1 Å². The first kappa shape index (κ1) is 20.7. The van der Waals surface area contributed by atoms with Crippen LogP contribution in [-0.2, 0) is 6.42 Å². The summed E-state index contributed by atoms with van der Waals surface area (Å²) in [7, 11) is 2.13. The normalized spacial score (nSPS) is 15.2. The summed E-state index contributed by atoms with van der Waals surface area (Å²) in [5.74, 6) is 0.772. The van der Waals surface area contributed by atoms with Gasteiger partial charge in [0.15, 0.2) is 10.8 Å². The van der Waals surface area contributed by atoms with Gasteiger partial charge < -0.3 is 9.64 Å². The second-order valence-corrected chi connectivity index (χ2v) is 8.92. The van der Waals surface area contributed by atoms with Crippen molar-refractivity contribution in [3.63, 3.8) is 0 Å². The highest BCUT2D eigenvalue weighted by Gasteiger charge is 2.18. The van der Waals surface area contributed by atoms with Crippen molar-refractivity contribution in [2.24, 2.45) is 0 Å². The number of fused-ring (bicyclic) bond motifs is 1. The van der Waals surface area contributed by atoms with Crippen LogP contribution in [0.15, 0.2) is 54.3 Å². The van der Waals surface area contributed by atoms with E-state index in [4.69, 9.17) is 4.74 Å². The van der Waals surface area contributed by atoms with E-state index in [1.165, 1.54) is 11.3 Å². The van der Waals surface area contributed by atoms with Crippen LogP contribution in [0.2, 0.25) is 0 Å². The van der Waals surface area contributed by atoms with Gasteiger partial charge in [0.05, 0.1) is 6.42 Å². The quantitative estimate of drug-likeness (QED) is 0.414. The van der Waals surface area contributed by atoms with Crippen LogP contribution in [0.5, 0.6) is 5.75 Å². The molecule has 0 atom stereocenters. The maximum atomic E-state index is 13.0. The summed E-state index contributed by atoms with van der Waals surface area (Å²) in [5.41, 5.74) is 3.81. The average Bonchev–Trinajstić information content (AvgIpc) is 3.35. The van der Waals surface area contributed by atoms with Crippen molar-refractivity contribution in [3.8, 4) is 16.5 Å². The monoisotopic (exact) mass is 445 g/mol. The van der Waals surface area contributed by atoms with Gasteiger partial charge in [-0.15, -0.1) is 10.2 Å². The van der Waals surface area contributed by atoms with Gasteiger partial charge in [-0.05, 0) is 49.5 Å². The molecule has 5 rings (SSSR count). The summed E-state index contributed by atoms with van der Waals surface area (Å²) >= 11 is 1.44. The number of hydrogen-bond acceptors (Lipinski definition) is 8. The van der Waals surface area contributed by atoms with Crippen molar-refractivity contribution in [3.05, 3.63) is 65.6 Å². The first-order valence-electron chi connectivity index (χ1n) is 10.6. The number of carbonyl (C=O) groups is 1. The van der Waals surface area contributed by atoms with Crippen LogP contribution in [0.1, 0.15) is 28.9 Å². The number of carbonyl (C=O) groups excluding carboxylic acids is 1. The second kappa shape index (κ2) is 9.10. The largest absolute Gasteiger partial charge is 0.490 e. The highest BCUT2D eigenvalue weighted by molar-refractivity contribution is 7.12. The Balaban J connectivity index is 1.31. The molecule has 1 aromatic carbocycles. The number of nitrogens with zero attached hydrogens (tertiary/aromatic N) is 5. The topological polar surface area (TPSA) is 81.1 Å². The SMILES string of the molecule is CN1CCC(Oc2cccc(C(=O)Cc3cc4cc(-c5nncs5)ncc4cn3)c2)CC1. The Kier molecular flexibility index (Phi) is 5.87. The molecule has 1 saturated heterocycles. The van der Waals surface area contributed by atoms with Gasteiger partial charge in [-0.25, -0.2) is 0 Å². The second-order valence-electron chi connectivity index (χ2n) is 8.08. The molecule has 3 aromatic heterocycles. The highest BCUT2D eigenvalue weighted by atomic mass is 32.1. The molecule has 4 heterocycles. The number of Topliss-reactive ketones (excluding diaryl/α,β-unsaturated/α-hetero) is 1. The number of ether oxygens (including phenoxy) is 1. The molecule has 32 heavy (non-hydrogen) atoms. The van der Waals surface area contributed by atoms with Crippen molar-refractivity contribution in [2.75, 3.05) is 20.1 Å². The van der Waals surface area contributed by atoms with Gasteiger partial charge in [-0.1, -0.05) is 23.5 Å². The fraction of sp³-hybridized carbons (Fsp3) is 0.292. The van der Waals surface area contributed by atoms with E-state index < -0.39 is 0 Å². The van der Waals surface area contributed by atoms with E-state index in [1.807, 2.05) is 36.4 Å². The molecular weight excluding hydrogens is 422 g/mol. The van der Waals surface area contributed by atoms with Crippen LogP contribution in [-0.4, -0.2) is 57.1 Å². The van der Waals surface area contributed by atoms with Gasteiger partial charge in [0.25, 0.3) is 0 Å². The summed E-state index contributed by atoms with van der Waals surface area (Å²) in [6.07, 6.45) is 5.97. The highest BCUT2D eigenvalue weighted by Crippen LogP contribution is 2.24. The Bertz CT molecular complexity index is 1240. The van der Waals surface area contributed by atoms with Gasteiger partial charge >= 0.3 is 0 Å². The lowest BCUT2D eigenvalue weighted by molar-refractivity contribution is 0.0988. The molecule has 0 N–H and O–H groups in total. The van der Waals surface area contributed by atoms with E-state index in [1.54, 1.807) is 17.9 Å². The molecule has 0 bridgehead atoms. The lowest BCUT2D eigenvalue weighted by Crippen LogP contribution is -2.35. The number of pyridine rings is 2. The number of hydrogen-bond donors (Lipinski definition) is 0. The number of rotatable bonds is 6. The zero-order chi connectivity index (χ0) is 21.9. The molecular formula is C24H23N5O2S. The number of aromatic nitrogens is 4. The van der Waals surface area contributed by atoms with E-state index in [0.717, 1.165) is 58.8 Å². The van der Waals surface area contributed by atoms with Gasteiger partial charge in [-0.2, -0.15) is 0 Å². The van der Waals surface area contributed by atoms with Crippen molar-refractivity contribution < 1.29 is 9.53 Å². The van der Waals surface area contributed by atoms with Gasteiger partial charge in [0, 0.05) is 42.1 Å². The van der Waals surface area contributed by atoms with E-state index in [2.05, 4.69) is 32.1 Å². The molecule has 0 unspecified atom stereocenters. The molecule has 0 spiro atoms. The molecule has 7 nitrogen and oxygen atoms in total. The van der Waals surface area contributed by atoms with Crippen LogP contribution >= 0.6 is 11.3 Å². The number of benzene rings is 1. The molecule has 0 radical (unpaired) electrons.